The number of benzene rings is 2. The zero-order valence-corrected chi connectivity index (χ0v) is 20.6. The van der Waals surface area contributed by atoms with E-state index in [2.05, 4.69) is 25.2 Å². The Kier molecular flexibility index (Phi) is 7.35. The molecule has 2 aromatic heterocycles. The summed E-state index contributed by atoms with van der Waals surface area (Å²) in [6.07, 6.45) is 4.24. The molecule has 1 amide bonds. The third-order valence-electron chi connectivity index (χ3n) is 6.05. The van der Waals surface area contributed by atoms with Crippen LogP contribution >= 0.6 is 23.2 Å². The molecule has 0 aliphatic heterocycles. The molecule has 0 aliphatic carbocycles. The van der Waals surface area contributed by atoms with Gasteiger partial charge in [-0.15, -0.1) is 0 Å². The molecule has 0 bridgehead atoms. The Bertz CT molecular complexity index is 1410. The van der Waals surface area contributed by atoms with Crippen molar-refractivity contribution in [2.24, 2.45) is 5.92 Å². The van der Waals surface area contributed by atoms with Crippen molar-refractivity contribution in [2.45, 2.75) is 46.1 Å². The van der Waals surface area contributed by atoms with Gasteiger partial charge in [0.2, 0.25) is 0 Å². The highest BCUT2D eigenvalue weighted by Crippen LogP contribution is 2.32. The summed E-state index contributed by atoms with van der Waals surface area (Å²) in [7, 11) is 0. The minimum absolute atomic E-state index is 0.238. The first kappa shape index (κ1) is 24.0. The third kappa shape index (κ3) is 4.72. The van der Waals surface area contributed by atoms with Gasteiger partial charge in [0, 0.05) is 11.6 Å². The maximum atomic E-state index is 13.2. The van der Waals surface area contributed by atoms with Gasteiger partial charge in [0.25, 0.3) is 5.91 Å². The summed E-state index contributed by atoms with van der Waals surface area (Å²) >= 11 is 12.3. The molecule has 4 rings (SSSR count). The minimum Gasteiger partial charge on any atom is -0.309 e. The zero-order valence-electron chi connectivity index (χ0n) is 19.1. The van der Waals surface area contributed by atoms with E-state index in [1.165, 1.54) is 6.07 Å². The number of halogens is 2. The van der Waals surface area contributed by atoms with Gasteiger partial charge in [-0.1, -0.05) is 68.4 Å². The molecule has 174 valence electrons. The lowest BCUT2D eigenvalue weighted by Gasteiger charge is -2.19. The number of carbonyl (C=O) groups excluding carboxylic acids is 1. The summed E-state index contributed by atoms with van der Waals surface area (Å²) in [5, 5.41) is 13.7. The third-order valence-corrected chi connectivity index (χ3v) is 6.60. The number of amides is 1. The number of nitriles is 1. The van der Waals surface area contributed by atoms with Crippen molar-refractivity contribution in [1.82, 2.24) is 14.5 Å². The first-order valence-electron chi connectivity index (χ1n) is 11.4. The summed E-state index contributed by atoms with van der Waals surface area (Å²) in [6, 6.07) is 14.5. The molecule has 1 N–H and O–H groups in total. The van der Waals surface area contributed by atoms with Crippen LogP contribution in [-0.2, 0) is 6.54 Å². The van der Waals surface area contributed by atoms with Crippen molar-refractivity contribution in [1.29, 1.82) is 5.26 Å². The van der Waals surface area contributed by atoms with E-state index in [0.29, 0.717) is 40.0 Å². The summed E-state index contributed by atoms with van der Waals surface area (Å²) < 4.78 is 1.93. The zero-order chi connectivity index (χ0) is 24.2. The van der Waals surface area contributed by atoms with Crippen LogP contribution < -0.4 is 5.32 Å². The van der Waals surface area contributed by atoms with E-state index >= 15 is 0 Å². The van der Waals surface area contributed by atoms with Gasteiger partial charge in [-0.25, -0.2) is 9.97 Å². The van der Waals surface area contributed by atoms with Gasteiger partial charge in [0.1, 0.15) is 23.0 Å². The fraction of sp³-hybridized carbons (Fsp3) is 0.308. The summed E-state index contributed by atoms with van der Waals surface area (Å²) in [6.45, 7) is 4.94. The van der Waals surface area contributed by atoms with Crippen LogP contribution in [0, 0.1) is 17.2 Å². The van der Waals surface area contributed by atoms with Gasteiger partial charge in [-0.05, 0) is 42.7 Å². The average molecular weight is 494 g/mol. The highest BCUT2D eigenvalue weighted by atomic mass is 35.5. The standard InChI is InChI=1S/C26H25Cl2N5O/c1-3-5-8-16(4-2)15-33-24(32-26(34)18-12-11-17(27)13-20(18)28)19(14-29)23-25(33)31-22-10-7-6-9-21(22)30-23/h6-7,9-13,16H,3-5,8,15H2,1-2H3,(H,32,34)/t16-/m0/s1. The second kappa shape index (κ2) is 10.4. The molecular formula is C26H25Cl2N5O. The SMILES string of the molecule is CCCC[C@H](CC)Cn1c(NC(=O)c2ccc(Cl)cc2Cl)c(C#N)c2nc3ccccc3nc21. The lowest BCUT2D eigenvalue weighted by Crippen LogP contribution is -2.19. The van der Waals surface area contributed by atoms with Crippen molar-refractivity contribution in [3.8, 4) is 6.07 Å². The van der Waals surface area contributed by atoms with Crippen LogP contribution in [0.15, 0.2) is 42.5 Å². The predicted molar refractivity (Wildman–Crippen MR) is 137 cm³/mol. The number of nitrogens with one attached hydrogen (secondary N) is 1. The second-order valence-corrected chi connectivity index (χ2v) is 9.17. The summed E-state index contributed by atoms with van der Waals surface area (Å²) in [4.78, 5) is 22.8. The van der Waals surface area contributed by atoms with Crippen molar-refractivity contribution in [2.75, 3.05) is 5.32 Å². The number of hydrogen-bond acceptors (Lipinski definition) is 4. The van der Waals surface area contributed by atoms with Crippen LogP contribution in [-0.4, -0.2) is 20.4 Å². The molecular weight excluding hydrogens is 469 g/mol. The number of rotatable bonds is 8. The van der Waals surface area contributed by atoms with Crippen LogP contribution in [0.4, 0.5) is 5.82 Å². The Morgan fingerprint density at radius 3 is 2.53 bits per heavy atom. The molecule has 0 fully saturated rings. The van der Waals surface area contributed by atoms with Crippen LogP contribution in [0.25, 0.3) is 22.2 Å². The fourth-order valence-electron chi connectivity index (χ4n) is 4.14. The Morgan fingerprint density at radius 1 is 1.15 bits per heavy atom. The molecule has 2 heterocycles. The molecule has 0 aliphatic rings. The molecule has 1 atom stereocenters. The number of unbranched alkanes of at least 4 members (excludes halogenated alkanes) is 1. The van der Waals surface area contributed by atoms with Crippen LogP contribution in [0.5, 0.6) is 0 Å². The Balaban J connectivity index is 1.87. The lowest BCUT2D eigenvalue weighted by atomic mass is 9.99. The van der Waals surface area contributed by atoms with Gasteiger partial charge in [0.05, 0.1) is 21.6 Å². The molecule has 6 nitrogen and oxygen atoms in total. The van der Waals surface area contributed by atoms with Gasteiger partial charge in [-0.3, -0.25) is 4.79 Å². The Labute approximate surface area is 208 Å². The second-order valence-electron chi connectivity index (χ2n) is 8.33. The quantitative estimate of drug-likeness (QED) is 0.280. The fourth-order valence-corrected chi connectivity index (χ4v) is 4.63. The van der Waals surface area contributed by atoms with E-state index in [4.69, 9.17) is 33.2 Å². The number of para-hydroxylation sites is 2. The Hall–Kier alpha value is -3.14. The lowest BCUT2D eigenvalue weighted by molar-refractivity contribution is 0.102. The number of carbonyl (C=O) groups is 1. The molecule has 0 saturated heterocycles. The molecule has 34 heavy (non-hydrogen) atoms. The van der Waals surface area contributed by atoms with Crippen LogP contribution in [0.3, 0.4) is 0 Å². The van der Waals surface area contributed by atoms with E-state index < -0.39 is 5.91 Å². The van der Waals surface area contributed by atoms with E-state index in [9.17, 15) is 10.1 Å². The molecule has 4 aromatic rings. The largest absolute Gasteiger partial charge is 0.309 e. The highest BCUT2D eigenvalue weighted by Gasteiger charge is 2.25. The topological polar surface area (TPSA) is 83.6 Å². The molecule has 0 radical (unpaired) electrons. The number of anilines is 1. The van der Waals surface area contributed by atoms with Crippen molar-refractivity contribution >= 4 is 57.1 Å². The van der Waals surface area contributed by atoms with E-state index in [0.717, 1.165) is 31.2 Å². The number of fused-ring (bicyclic) bond motifs is 2. The van der Waals surface area contributed by atoms with Crippen molar-refractivity contribution < 1.29 is 4.79 Å². The monoisotopic (exact) mass is 493 g/mol. The van der Waals surface area contributed by atoms with Gasteiger partial charge in [0.15, 0.2) is 5.65 Å². The molecule has 8 heteroatoms. The first-order valence-corrected chi connectivity index (χ1v) is 12.2. The summed E-state index contributed by atoms with van der Waals surface area (Å²) in [5.41, 5.74) is 3.05. The number of hydrogen-bond donors (Lipinski definition) is 1. The highest BCUT2D eigenvalue weighted by molar-refractivity contribution is 6.37. The number of aromatic nitrogens is 3. The van der Waals surface area contributed by atoms with E-state index in [1.54, 1.807) is 12.1 Å². The average Bonchev–Trinajstić information content (AvgIpc) is 3.10. The predicted octanol–water partition coefficient (Wildman–Crippen LogP) is 7.23. The van der Waals surface area contributed by atoms with Gasteiger partial charge < -0.3 is 9.88 Å². The maximum absolute atomic E-state index is 13.2. The molecule has 0 spiro atoms. The minimum atomic E-state index is -0.423. The van der Waals surface area contributed by atoms with E-state index in [-0.39, 0.29) is 16.1 Å². The smallest absolute Gasteiger partial charge is 0.258 e. The Morgan fingerprint density at radius 2 is 1.88 bits per heavy atom. The van der Waals surface area contributed by atoms with Crippen LogP contribution in [0.1, 0.15) is 55.5 Å². The van der Waals surface area contributed by atoms with Crippen molar-refractivity contribution in [3.63, 3.8) is 0 Å². The molecule has 0 unspecified atom stereocenters. The number of nitrogens with zero attached hydrogens (tertiary/aromatic N) is 4. The van der Waals surface area contributed by atoms with Gasteiger partial charge in [-0.2, -0.15) is 5.26 Å². The van der Waals surface area contributed by atoms with E-state index in [1.807, 2.05) is 28.8 Å². The molecule has 0 saturated carbocycles. The van der Waals surface area contributed by atoms with Crippen LogP contribution in [0.2, 0.25) is 10.0 Å². The maximum Gasteiger partial charge on any atom is 0.258 e. The van der Waals surface area contributed by atoms with Gasteiger partial charge >= 0.3 is 0 Å². The first-order chi connectivity index (χ1) is 16.5. The van der Waals surface area contributed by atoms with Crippen molar-refractivity contribution in [3.05, 3.63) is 63.6 Å². The normalized spacial score (nSPS) is 12.1. The summed E-state index contributed by atoms with van der Waals surface area (Å²) in [5.74, 6) is 0.331. The molecule has 2 aromatic carbocycles.